The zero-order valence-corrected chi connectivity index (χ0v) is 10.1. The summed E-state index contributed by atoms with van der Waals surface area (Å²) in [4.78, 5) is 19.9. The van der Waals surface area contributed by atoms with Gasteiger partial charge in [-0.2, -0.15) is 13.2 Å². The Kier molecular flexibility index (Phi) is 5.05. The number of fused-ring (bicyclic) bond motifs is 1. The Labute approximate surface area is 107 Å². The van der Waals surface area contributed by atoms with Crippen molar-refractivity contribution in [2.45, 2.75) is 19.3 Å². The molecular weight excluding hydrogens is 263 g/mol. The van der Waals surface area contributed by atoms with E-state index in [2.05, 4.69) is 10.1 Å². The highest BCUT2D eigenvalue weighted by molar-refractivity contribution is 5.89. The van der Waals surface area contributed by atoms with Gasteiger partial charge in [-0.25, -0.2) is 4.79 Å². The van der Waals surface area contributed by atoms with Crippen molar-refractivity contribution in [2.24, 2.45) is 0 Å². The maximum atomic E-state index is 11.2. The second kappa shape index (κ2) is 6.33. The highest BCUT2D eigenvalue weighted by Crippen LogP contribution is 2.17. The summed E-state index contributed by atoms with van der Waals surface area (Å²) in [5.41, 5.74) is 3.10. The Morgan fingerprint density at radius 2 is 1.89 bits per heavy atom. The lowest BCUT2D eigenvalue weighted by Crippen LogP contribution is -2.07. The third-order valence-corrected chi connectivity index (χ3v) is 2.39. The zero-order valence-electron chi connectivity index (χ0n) is 10.1. The van der Waals surface area contributed by atoms with Gasteiger partial charge in [0.2, 0.25) is 6.29 Å². The Balaban J connectivity index is 0.000000258. The zero-order chi connectivity index (χ0) is 14.5. The lowest BCUT2D eigenvalue weighted by atomic mass is 10.1. The fourth-order valence-electron chi connectivity index (χ4n) is 1.54. The largest absolute Gasteiger partial charge is 0.465 e. The van der Waals surface area contributed by atoms with E-state index in [-0.39, 0.29) is 5.97 Å². The molecular formula is C12H12F3NO3. The van der Waals surface area contributed by atoms with E-state index >= 15 is 0 Å². The third-order valence-electron chi connectivity index (χ3n) is 2.39. The number of alkyl halides is 3. The van der Waals surface area contributed by atoms with Crippen LogP contribution in [0, 0.1) is 0 Å². The van der Waals surface area contributed by atoms with Gasteiger partial charge in [0, 0.05) is 13.1 Å². The number of carbonyl (C=O) groups excluding carboxylic acids is 2. The molecule has 0 unspecified atom stereocenters. The average Bonchev–Trinajstić information content (AvgIpc) is 2.84. The Bertz CT molecular complexity index is 472. The number of benzene rings is 1. The van der Waals surface area contributed by atoms with Gasteiger partial charge < -0.3 is 10.1 Å². The number of esters is 1. The van der Waals surface area contributed by atoms with Crippen LogP contribution in [-0.2, 0) is 22.6 Å². The van der Waals surface area contributed by atoms with Crippen LogP contribution in [0.3, 0.4) is 0 Å². The SMILES string of the molecule is COC(=O)c1ccc2c(c1)CNC2.O=CC(F)(F)F. The molecule has 1 aromatic carbocycles. The number of carbonyl (C=O) groups is 2. The lowest BCUT2D eigenvalue weighted by Gasteiger charge is -2.01. The van der Waals surface area contributed by atoms with Crippen LogP contribution in [0.25, 0.3) is 0 Å². The lowest BCUT2D eigenvalue weighted by molar-refractivity contribution is -0.156. The van der Waals surface area contributed by atoms with E-state index in [1.807, 2.05) is 12.1 Å². The van der Waals surface area contributed by atoms with Crippen molar-refractivity contribution in [3.63, 3.8) is 0 Å². The molecule has 0 aliphatic carbocycles. The first kappa shape index (κ1) is 15.2. The Morgan fingerprint density at radius 1 is 1.32 bits per heavy atom. The van der Waals surface area contributed by atoms with Crippen molar-refractivity contribution in [1.82, 2.24) is 5.32 Å². The van der Waals surface area contributed by atoms with Crippen LogP contribution in [0.5, 0.6) is 0 Å². The van der Waals surface area contributed by atoms with Gasteiger partial charge in [0.25, 0.3) is 0 Å². The molecule has 1 aliphatic heterocycles. The molecule has 19 heavy (non-hydrogen) atoms. The minimum atomic E-state index is -4.64. The van der Waals surface area contributed by atoms with Gasteiger partial charge >= 0.3 is 12.1 Å². The molecule has 1 heterocycles. The fraction of sp³-hybridized carbons (Fsp3) is 0.333. The molecule has 0 aromatic heterocycles. The van der Waals surface area contributed by atoms with Crippen molar-refractivity contribution in [3.8, 4) is 0 Å². The van der Waals surface area contributed by atoms with E-state index in [9.17, 15) is 18.0 Å². The van der Waals surface area contributed by atoms with Gasteiger partial charge in [-0.15, -0.1) is 0 Å². The molecule has 0 amide bonds. The minimum absolute atomic E-state index is 0.269. The van der Waals surface area contributed by atoms with Crippen LogP contribution in [0.4, 0.5) is 13.2 Å². The summed E-state index contributed by atoms with van der Waals surface area (Å²) >= 11 is 0. The van der Waals surface area contributed by atoms with E-state index in [0.717, 1.165) is 13.1 Å². The molecule has 0 spiro atoms. The monoisotopic (exact) mass is 275 g/mol. The van der Waals surface area contributed by atoms with Gasteiger partial charge in [-0.1, -0.05) is 6.07 Å². The van der Waals surface area contributed by atoms with Crippen molar-refractivity contribution >= 4 is 12.3 Å². The summed E-state index contributed by atoms with van der Waals surface area (Å²) in [7, 11) is 1.40. The molecule has 104 valence electrons. The molecule has 1 aromatic rings. The van der Waals surface area contributed by atoms with Gasteiger partial charge in [0.05, 0.1) is 12.7 Å². The highest BCUT2D eigenvalue weighted by Gasteiger charge is 2.24. The van der Waals surface area contributed by atoms with Crippen molar-refractivity contribution < 1.29 is 27.5 Å². The van der Waals surface area contributed by atoms with Crippen LogP contribution in [0.2, 0.25) is 0 Å². The van der Waals surface area contributed by atoms with Gasteiger partial charge in [0.1, 0.15) is 0 Å². The average molecular weight is 275 g/mol. The number of ether oxygens (including phenoxy) is 1. The smallest absolute Gasteiger partial charge is 0.446 e. The van der Waals surface area contributed by atoms with E-state index in [4.69, 9.17) is 4.79 Å². The second-order valence-corrected chi connectivity index (χ2v) is 3.74. The summed E-state index contributed by atoms with van der Waals surface area (Å²) in [6.45, 7) is 1.75. The van der Waals surface area contributed by atoms with Crippen LogP contribution >= 0.6 is 0 Å². The normalized spacial score (nSPS) is 13.1. The van der Waals surface area contributed by atoms with Crippen LogP contribution in [0.1, 0.15) is 21.5 Å². The molecule has 0 atom stereocenters. The fourth-order valence-corrected chi connectivity index (χ4v) is 1.54. The topological polar surface area (TPSA) is 55.4 Å². The number of rotatable bonds is 1. The Morgan fingerprint density at radius 3 is 2.42 bits per heavy atom. The van der Waals surface area contributed by atoms with Crippen LogP contribution in [-0.4, -0.2) is 25.5 Å². The molecule has 0 saturated heterocycles. The first-order valence-electron chi connectivity index (χ1n) is 5.31. The number of hydrogen-bond acceptors (Lipinski definition) is 4. The van der Waals surface area contributed by atoms with E-state index < -0.39 is 12.5 Å². The van der Waals surface area contributed by atoms with Crippen LogP contribution < -0.4 is 5.32 Å². The summed E-state index contributed by atoms with van der Waals surface area (Å²) < 4.78 is 35.9. The van der Waals surface area contributed by atoms with Gasteiger partial charge in [-0.3, -0.25) is 4.79 Å². The molecule has 0 bridgehead atoms. The Hall–Kier alpha value is -1.89. The van der Waals surface area contributed by atoms with E-state index in [0.29, 0.717) is 5.56 Å². The number of hydrogen-bond donors (Lipinski definition) is 1. The maximum absolute atomic E-state index is 11.2. The molecule has 4 nitrogen and oxygen atoms in total. The molecule has 1 N–H and O–H groups in total. The van der Waals surface area contributed by atoms with Crippen molar-refractivity contribution in [1.29, 1.82) is 0 Å². The summed E-state index contributed by atoms with van der Waals surface area (Å²) in [5.74, 6) is -0.269. The molecule has 0 saturated carbocycles. The van der Waals surface area contributed by atoms with Crippen molar-refractivity contribution in [3.05, 3.63) is 34.9 Å². The van der Waals surface area contributed by atoms with Gasteiger partial charge in [0.15, 0.2) is 0 Å². The summed E-state index contributed by atoms with van der Waals surface area (Å²) in [5, 5.41) is 3.22. The van der Waals surface area contributed by atoms with Crippen molar-refractivity contribution in [2.75, 3.05) is 7.11 Å². The highest BCUT2D eigenvalue weighted by atomic mass is 19.4. The first-order chi connectivity index (χ1) is 8.87. The first-order valence-corrected chi connectivity index (χ1v) is 5.31. The molecule has 7 heteroatoms. The third kappa shape index (κ3) is 4.70. The van der Waals surface area contributed by atoms with E-state index in [1.165, 1.54) is 18.2 Å². The predicted molar refractivity (Wildman–Crippen MR) is 60.4 cm³/mol. The molecule has 0 fully saturated rings. The molecule has 2 rings (SSSR count). The number of halogens is 3. The summed E-state index contributed by atoms with van der Waals surface area (Å²) in [6.07, 6.45) is -5.70. The number of aldehydes is 1. The maximum Gasteiger partial charge on any atom is 0.446 e. The second-order valence-electron chi connectivity index (χ2n) is 3.74. The van der Waals surface area contributed by atoms with E-state index in [1.54, 1.807) is 6.07 Å². The predicted octanol–water partition coefficient (Wildman–Crippen LogP) is 1.82. The standard InChI is InChI=1S/C10H11NO2.C2HF3O/c1-13-10(12)7-2-3-8-5-11-6-9(8)4-7;3-2(4,5)1-6/h2-4,11H,5-6H2,1H3;1H. The van der Waals surface area contributed by atoms with Gasteiger partial charge in [-0.05, 0) is 23.3 Å². The molecule has 1 aliphatic rings. The molecule has 0 radical (unpaired) electrons. The summed E-state index contributed by atoms with van der Waals surface area (Å²) in [6, 6.07) is 5.67. The van der Waals surface area contributed by atoms with Crippen LogP contribution in [0.15, 0.2) is 18.2 Å². The number of nitrogens with one attached hydrogen (secondary N) is 1. The number of methoxy groups -OCH3 is 1. The quantitative estimate of drug-likeness (QED) is 0.627. The minimum Gasteiger partial charge on any atom is -0.465 e.